The summed E-state index contributed by atoms with van der Waals surface area (Å²) >= 11 is 0. The highest BCUT2D eigenvalue weighted by molar-refractivity contribution is 7.94. The number of hydrogen-bond donors (Lipinski definition) is 0. The molecule has 8 heteroatoms. The molecular formula is C13H18O6S2. The van der Waals surface area contributed by atoms with Crippen molar-refractivity contribution in [2.24, 2.45) is 0 Å². The molecule has 0 aliphatic carbocycles. The molecule has 1 aromatic rings. The van der Waals surface area contributed by atoms with Gasteiger partial charge in [-0.15, -0.1) is 0 Å². The quantitative estimate of drug-likeness (QED) is 0.650. The van der Waals surface area contributed by atoms with Gasteiger partial charge in [-0.2, -0.15) is 0 Å². The first-order valence-corrected chi connectivity index (χ1v) is 10.1. The van der Waals surface area contributed by atoms with E-state index in [4.69, 9.17) is 4.74 Å². The van der Waals surface area contributed by atoms with Crippen molar-refractivity contribution in [3.05, 3.63) is 29.8 Å². The van der Waals surface area contributed by atoms with Gasteiger partial charge in [0.2, 0.25) is 0 Å². The second kappa shape index (κ2) is 7.04. The summed E-state index contributed by atoms with van der Waals surface area (Å²) in [5.41, 5.74) is 0.381. The summed E-state index contributed by atoms with van der Waals surface area (Å²) in [6.45, 7) is 1.27. The van der Waals surface area contributed by atoms with E-state index in [1.54, 1.807) is 24.3 Å². The molecule has 0 amide bonds. The maximum Gasteiger partial charge on any atom is 0.163 e. The fraction of sp³-hybridized carbons (Fsp3) is 0.462. The molecule has 0 aliphatic heterocycles. The predicted molar refractivity (Wildman–Crippen MR) is 80.3 cm³/mol. The molecular weight excluding hydrogens is 316 g/mol. The van der Waals surface area contributed by atoms with E-state index in [-0.39, 0.29) is 18.1 Å². The van der Waals surface area contributed by atoms with Crippen molar-refractivity contribution >= 4 is 25.5 Å². The third kappa shape index (κ3) is 6.72. The Balaban J connectivity index is 2.59. The van der Waals surface area contributed by atoms with Crippen LogP contribution >= 0.6 is 0 Å². The van der Waals surface area contributed by atoms with E-state index in [0.717, 1.165) is 6.26 Å². The minimum absolute atomic E-state index is 0.129. The van der Waals surface area contributed by atoms with Crippen molar-refractivity contribution in [3.63, 3.8) is 0 Å². The molecule has 0 heterocycles. The molecule has 0 spiro atoms. The average molecular weight is 334 g/mol. The van der Waals surface area contributed by atoms with Crippen LogP contribution in [0.1, 0.15) is 17.3 Å². The van der Waals surface area contributed by atoms with E-state index < -0.39 is 31.2 Å². The molecule has 6 nitrogen and oxygen atoms in total. The van der Waals surface area contributed by atoms with Crippen LogP contribution in [0, 0.1) is 0 Å². The third-order valence-corrected chi connectivity index (χ3v) is 5.50. The molecule has 1 rings (SSSR count). The highest BCUT2D eigenvalue weighted by atomic mass is 32.2. The van der Waals surface area contributed by atoms with Gasteiger partial charge in [-0.25, -0.2) is 16.8 Å². The summed E-state index contributed by atoms with van der Waals surface area (Å²) in [6.07, 6.45) is 0.988. The first kappa shape index (κ1) is 17.6. The minimum Gasteiger partial charge on any atom is -0.492 e. The standard InChI is InChI=1S/C13H18O6S2/c1-11(14)12-5-3-4-6-13(12)19-7-8-21(17,18)10-9-20(2,15)16/h3-6H,7-10H2,1-2H3. The Hall–Kier alpha value is -1.41. The molecule has 0 bridgehead atoms. The largest absolute Gasteiger partial charge is 0.492 e. The van der Waals surface area contributed by atoms with Crippen LogP contribution in [-0.2, 0) is 19.7 Å². The molecule has 1 aromatic carbocycles. The van der Waals surface area contributed by atoms with Gasteiger partial charge in [0.1, 0.15) is 22.2 Å². The van der Waals surface area contributed by atoms with E-state index in [1.807, 2.05) is 0 Å². The first-order chi connectivity index (χ1) is 9.61. The van der Waals surface area contributed by atoms with Crippen LogP contribution in [0.15, 0.2) is 24.3 Å². The minimum atomic E-state index is -3.51. The Morgan fingerprint density at radius 3 is 2.24 bits per heavy atom. The maximum atomic E-state index is 11.7. The highest BCUT2D eigenvalue weighted by Crippen LogP contribution is 2.18. The van der Waals surface area contributed by atoms with Gasteiger partial charge >= 0.3 is 0 Å². The van der Waals surface area contributed by atoms with Gasteiger partial charge in [0.25, 0.3) is 0 Å². The number of benzene rings is 1. The normalized spacial score (nSPS) is 12.1. The van der Waals surface area contributed by atoms with E-state index in [0.29, 0.717) is 11.3 Å². The Morgan fingerprint density at radius 2 is 1.67 bits per heavy atom. The Labute approximate surface area is 125 Å². The van der Waals surface area contributed by atoms with Crippen molar-refractivity contribution in [3.8, 4) is 5.75 Å². The van der Waals surface area contributed by atoms with Gasteiger partial charge in [0.05, 0.1) is 22.8 Å². The van der Waals surface area contributed by atoms with Crippen LogP contribution in [0.25, 0.3) is 0 Å². The zero-order valence-electron chi connectivity index (χ0n) is 11.9. The summed E-state index contributed by atoms with van der Waals surface area (Å²) in [4.78, 5) is 11.4. The Kier molecular flexibility index (Phi) is 5.91. The van der Waals surface area contributed by atoms with Gasteiger partial charge in [-0.3, -0.25) is 4.79 Å². The number of carbonyl (C=O) groups is 1. The second-order valence-corrected chi connectivity index (χ2v) is 9.25. The van der Waals surface area contributed by atoms with Crippen LogP contribution in [-0.4, -0.2) is 52.7 Å². The highest BCUT2D eigenvalue weighted by Gasteiger charge is 2.15. The molecule has 0 fully saturated rings. The lowest BCUT2D eigenvalue weighted by molar-refractivity contribution is 0.101. The zero-order chi connectivity index (χ0) is 16.1. The average Bonchev–Trinajstić information content (AvgIpc) is 2.36. The number of ketones is 1. The lowest BCUT2D eigenvalue weighted by atomic mass is 10.1. The van der Waals surface area contributed by atoms with Crippen LogP contribution < -0.4 is 4.74 Å². The van der Waals surface area contributed by atoms with Crippen LogP contribution in [0.2, 0.25) is 0 Å². The van der Waals surface area contributed by atoms with Crippen LogP contribution in [0.3, 0.4) is 0 Å². The monoisotopic (exact) mass is 334 g/mol. The molecule has 21 heavy (non-hydrogen) atoms. The van der Waals surface area contributed by atoms with Crippen molar-refractivity contribution in [2.75, 3.05) is 30.1 Å². The van der Waals surface area contributed by atoms with Gasteiger partial charge < -0.3 is 4.74 Å². The van der Waals surface area contributed by atoms with Gasteiger partial charge in [0.15, 0.2) is 15.6 Å². The smallest absolute Gasteiger partial charge is 0.163 e. The molecule has 0 unspecified atom stereocenters. The van der Waals surface area contributed by atoms with Crippen LogP contribution in [0.5, 0.6) is 5.75 Å². The third-order valence-electron chi connectivity index (χ3n) is 2.68. The predicted octanol–water partition coefficient (Wildman–Crippen LogP) is 0.727. The summed E-state index contributed by atoms with van der Waals surface area (Å²) in [7, 11) is -6.82. The Morgan fingerprint density at radius 1 is 1.05 bits per heavy atom. The van der Waals surface area contributed by atoms with E-state index >= 15 is 0 Å². The number of sulfone groups is 2. The topological polar surface area (TPSA) is 94.6 Å². The van der Waals surface area contributed by atoms with Gasteiger partial charge in [0, 0.05) is 6.26 Å². The van der Waals surface area contributed by atoms with Crippen molar-refractivity contribution in [2.45, 2.75) is 6.92 Å². The molecule has 0 aromatic heterocycles. The number of hydrogen-bond acceptors (Lipinski definition) is 6. The molecule has 0 N–H and O–H groups in total. The number of para-hydroxylation sites is 1. The second-order valence-electron chi connectivity index (χ2n) is 4.68. The van der Waals surface area contributed by atoms with E-state index in [2.05, 4.69) is 0 Å². The fourth-order valence-corrected chi connectivity index (χ4v) is 4.31. The molecule has 0 atom stereocenters. The SMILES string of the molecule is CC(=O)c1ccccc1OCCS(=O)(=O)CCS(C)(=O)=O. The van der Waals surface area contributed by atoms with Gasteiger partial charge in [-0.1, -0.05) is 12.1 Å². The van der Waals surface area contributed by atoms with Crippen molar-refractivity contribution in [1.82, 2.24) is 0 Å². The van der Waals surface area contributed by atoms with E-state index in [9.17, 15) is 21.6 Å². The number of rotatable bonds is 8. The number of carbonyl (C=O) groups excluding carboxylic acids is 1. The number of Topliss-reactive ketones (excluding diaryl/α,β-unsaturated/α-hetero) is 1. The van der Waals surface area contributed by atoms with E-state index in [1.165, 1.54) is 6.92 Å². The van der Waals surface area contributed by atoms with Gasteiger partial charge in [-0.05, 0) is 19.1 Å². The number of ether oxygens (including phenoxy) is 1. The summed E-state index contributed by atoms with van der Waals surface area (Å²) < 4.78 is 50.6. The lowest BCUT2D eigenvalue weighted by Crippen LogP contribution is -2.22. The lowest BCUT2D eigenvalue weighted by Gasteiger charge is -2.09. The molecule has 0 radical (unpaired) electrons. The molecule has 0 saturated heterocycles. The van der Waals surface area contributed by atoms with Crippen molar-refractivity contribution in [1.29, 1.82) is 0 Å². The first-order valence-electron chi connectivity index (χ1n) is 6.22. The summed E-state index contributed by atoms with van der Waals surface area (Å²) in [5, 5.41) is 0. The maximum absolute atomic E-state index is 11.7. The Bertz CT molecular complexity index is 704. The molecule has 0 aliphatic rings. The molecule has 118 valence electrons. The van der Waals surface area contributed by atoms with Crippen molar-refractivity contribution < 1.29 is 26.4 Å². The van der Waals surface area contributed by atoms with Crippen LogP contribution in [0.4, 0.5) is 0 Å². The summed E-state index contributed by atoms with van der Waals surface area (Å²) in [5.74, 6) is -0.980. The fourth-order valence-electron chi connectivity index (χ4n) is 1.54. The molecule has 0 saturated carbocycles. The zero-order valence-corrected chi connectivity index (χ0v) is 13.5. The summed E-state index contributed by atoms with van der Waals surface area (Å²) in [6, 6.07) is 6.54.